The number of carboxylic acid groups (broad SMARTS) is 1. The molecule has 4 nitrogen and oxygen atoms in total. The van der Waals surface area contributed by atoms with Crippen molar-refractivity contribution in [1.29, 1.82) is 0 Å². The number of aliphatic carboxylic acids is 1. The summed E-state index contributed by atoms with van der Waals surface area (Å²) in [7, 11) is 1.92. The molecule has 0 bridgehead atoms. The van der Waals surface area contributed by atoms with Crippen LogP contribution in [0.25, 0.3) is 10.9 Å². The van der Waals surface area contributed by atoms with Gasteiger partial charge in [0.05, 0.1) is 5.52 Å². The summed E-state index contributed by atoms with van der Waals surface area (Å²) in [6.45, 7) is 1.30. The number of aromatic nitrogens is 1. The van der Waals surface area contributed by atoms with Crippen LogP contribution in [0.2, 0.25) is 0 Å². The third-order valence-electron chi connectivity index (χ3n) is 3.17. The second-order valence-corrected chi connectivity index (χ2v) is 4.84. The molecule has 1 aromatic carbocycles. The molecule has 0 aliphatic heterocycles. The van der Waals surface area contributed by atoms with Crippen molar-refractivity contribution in [1.82, 2.24) is 9.88 Å². The lowest BCUT2D eigenvalue weighted by Crippen LogP contribution is -2.20. The largest absolute Gasteiger partial charge is 0.481 e. The zero-order chi connectivity index (χ0) is 14.5. The minimum absolute atomic E-state index is 0.159. The Kier molecular flexibility index (Phi) is 4.63. The van der Waals surface area contributed by atoms with Crippen LogP contribution in [0.1, 0.15) is 18.4 Å². The van der Waals surface area contributed by atoms with Gasteiger partial charge in [0.1, 0.15) is 5.82 Å². The molecule has 1 heterocycles. The summed E-state index contributed by atoms with van der Waals surface area (Å²) in [6.07, 6.45) is 2.40. The van der Waals surface area contributed by atoms with Gasteiger partial charge in [-0.2, -0.15) is 0 Å². The summed E-state index contributed by atoms with van der Waals surface area (Å²) in [5.74, 6) is -1.06. The SMILES string of the molecule is CN(CCCC(=O)O)Cc1ccc(F)c2cccnc12. The number of halogens is 1. The molecule has 2 rings (SSSR count). The van der Waals surface area contributed by atoms with Crippen LogP contribution < -0.4 is 0 Å². The van der Waals surface area contributed by atoms with E-state index in [9.17, 15) is 9.18 Å². The Labute approximate surface area is 116 Å². The molecule has 0 saturated carbocycles. The second-order valence-electron chi connectivity index (χ2n) is 4.84. The standard InChI is InChI=1S/C15H17FN2O2/c1-18(9-3-5-14(19)20)10-11-6-7-13(16)12-4-2-8-17-15(11)12/h2,4,6-8H,3,5,9-10H2,1H3,(H,19,20). The van der Waals surface area contributed by atoms with Crippen LogP contribution in [0.15, 0.2) is 30.5 Å². The molecule has 0 saturated heterocycles. The van der Waals surface area contributed by atoms with E-state index in [4.69, 9.17) is 5.11 Å². The smallest absolute Gasteiger partial charge is 0.303 e. The number of benzene rings is 1. The summed E-state index contributed by atoms with van der Waals surface area (Å²) < 4.78 is 13.7. The molecule has 106 valence electrons. The normalized spacial score (nSPS) is 11.2. The minimum atomic E-state index is -0.785. The lowest BCUT2D eigenvalue weighted by molar-refractivity contribution is -0.137. The number of hydrogen-bond donors (Lipinski definition) is 1. The zero-order valence-corrected chi connectivity index (χ0v) is 11.3. The lowest BCUT2D eigenvalue weighted by Gasteiger charge is -2.17. The van der Waals surface area contributed by atoms with Gasteiger partial charge >= 0.3 is 5.97 Å². The van der Waals surface area contributed by atoms with E-state index in [-0.39, 0.29) is 12.2 Å². The molecule has 0 aliphatic rings. The fourth-order valence-corrected chi connectivity index (χ4v) is 2.19. The quantitative estimate of drug-likeness (QED) is 0.881. The monoisotopic (exact) mass is 276 g/mol. The number of pyridine rings is 1. The van der Waals surface area contributed by atoms with Crippen molar-refractivity contribution in [2.24, 2.45) is 0 Å². The van der Waals surface area contributed by atoms with E-state index in [0.29, 0.717) is 30.4 Å². The topological polar surface area (TPSA) is 53.4 Å². The van der Waals surface area contributed by atoms with Gasteiger partial charge in [0, 0.05) is 24.5 Å². The number of fused-ring (bicyclic) bond motifs is 1. The van der Waals surface area contributed by atoms with Gasteiger partial charge in [-0.15, -0.1) is 0 Å². The Balaban J connectivity index is 2.10. The fraction of sp³-hybridized carbons (Fsp3) is 0.333. The Hall–Kier alpha value is -2.01. The summed E-state index contributed by atoms with van der Waals surface area (Å²) in [6, 6.07) is 6.61. The van der Waals surface area contributed by atoms with Crippen LogP contribution in [0.5, 0.6) is 0 Å². The molecule has 0 amide bonds. The van der Waals surface area contributed by atoms with E-state index in [1.54, 1.807) is 24.4 Å². The van der Waals surface area contributed by atoms with Gasteiger partial charge in [0.25, 0.3) is 0 Å². The maximum Gasteiger partial charge on any atom is 0.303 e. The zero-order valence-electron chi connectivity index (χ0n) is 11.3. The number of hydrogen-bond acceptors (Lipinski definition) is 3. The lowest BCUT2D eigenvalue weighted by atomic mass is 10.1. The van der Waals surface area contributed by atoms with E-state index in [1.807, 2.05) is 11.9 Å². The molecule has 1 aromatic heterocycles. The predicted octanol–water partition coefficient (Wildman–Crippen LogP) is 2.67. The Morgan fingerprint density at radius 3 is 2.95 bits per heavy atom. The highest BCUT2D eigenvalue weighted by atomic mass is 19.1. The number of carboxylic acids is 1. The van der Waals surface area contributed by atoms with E-state index in [1.165, 1.54) is 6.07 Å². The summed E-state index contributed by atoms with van der Waals surface area (Å²) in [4.78, 5) is 16.7. The maximum absolute atomic E-state index is 13.7. The van der Waals surface area contributed by atoms with Crippen LogP contribution in [-0.4, -0.2) is 34.6 Å². The van der Waals surface area contributed by atoms with Crippen molar-refractivity contribution >= 4 is 16.9 Å². The molecular formula is C15H17FN2O2. The Morgan fingerprint density at radius 2 is 2.20 bits per heavy atom. The van der Waals surface area contributed by atoms with Crippen LogP contribution in [0.3, 0.4) is 0 Å². The van der Waals surface area contributed by atoms with E-state index in [2.05, 4.69) is 4.98 Å². The Morgan fingerprint density at radius 1 is 1.40 bits per heavy atom. The molecule has 0 unspecified atom stereocenters. The molecule has 0 aliphatic carbocycles. The molecule has 5 heteroatoms. The first kappa shape index (κ1) is 14.4. The van der Waals surface area contributed by atoms with Crippen LogP contribution in [0.4, 0.5) is 4.39 Å². The highest BCUT2D eigenvalue weighted by molar-refractivity contribution is 5.82. The van der Waals surface area contributed by atoms with E-state index in [0.717, 1.165) is 5.56 Å². The molecule has 0 fully saturated rings. The predicted molar refractivity (Wildman–Crippen MR) is 74.9 cm³/mol. The number of nitrogens with zero attached hydrogens (tertiary/aromatic N) is 2. The van der Waals surface area contributed by atoms with Gasteiger partial charge in [-0.05, 0) is 43.8 Å². The third kappa shape index (κ3) is 3.51. The minimum Gasteiger partial charge on any atom is -0.481 e. The number of carbonyl (C=O) groups is 1. The van der Waals surface area contributed by atoms with Crippen LogP contribution >= 0.6 is 0 Å². The number of rotatable bonds is 6. The van der Waals surface area contributed by atoms with Crippen molar-refractivity contribution < 1.29 is 14.3 Å². The highest BCUT2D eigenvalue weighted by Crippen LogP contribution is 2.20. The van der Waals surface area contributed by atoms with E-state index < -0.39 is 5.97 Å². The highest BCUT2D eigenvalue weighted by Gasteiger charge is 2.09. The van der Waals surface area contributed by atoms with Crippen molar-refractivity contribution in [3.05, 3.63) is 41.8 Å². The molecule has 1 N–H and O–H groups in total. The molecule has 2 aromatic rings. The maximum atomic E-state index is 13.7. The first-order valence-corrected chi connectivity index (χ1v) is 6.50. The van der Waals surface area contributed by atoms with Crippen LogP contribution in [-0.2, 0) is 11.3 Å². The van der Waals surface area contributed by atoms with Crippen LogP contribution in [0, 0.1) is 5.82 Å². The second kappa shape index (κ2) is 6.43. The van der Waals surface area contributed by atoms with Gasteiger partial charge in [-0.1, -0.05) is 6.07 Å². The first-order chi connectivity index (χ1) is 9.58. The van der Waals surface area contributed by atoms with Gasteiger partial charge in [-0.3, -0.25) is 9.78 Å². The summed E-state index contributed by atoms with van der Waals surface area (Å²) in [5.41, 5.74) is 1.61. The van der Waals surface area contributed by atoms with Gasteiger partial charge in [0.15, 0.2) is 0 Å². The Bertz CT molecular complexity index is 616. The van der Waals surface area contributed by atoms with Gasteiger partial charge in [-0.25, -0.2) is 4.39 Å². The van der Waals surface area contributed by atoms with Gasteiger partial charge in [0.2, 0.25) is 0 Å². The average Bonchev–Trinajstić information content (AvgIpc) is 2.42. The third-order valence-corrected chi connectivity index (χ3v) is 3.17. The molecule has 0 radical (unpaired) electrons. The summed E-state index contributed by atoms with van der Waals surface area (Å²) in [5, 5.41) is 9.14. The average molecular weight is 276 g/mol. The van der Waals surface area contributed by atoms with E-state index >= 15 is 0 Å². The molecule has 20 heavy (non-hydrogen) atoms. The van der Waals surface area contributed by atoms with Crippen molar-refractivity contribution in [2.75, 3.05) is 13.6 Å². The van der Waals surface area contributed by atoms with Crippen molar-refractivity contribution in [3.63, 3.8) is 0 Å². The molecular weight excluding hydrogens is 259 g/mol. The molecule has 0 spiro atoms. The first-order valence-electron chi connectivity index (χ1n) is 6.50. The summed E-state index contributed by atoms with van der Waals surface area (Å²) >= 11 is 0. The fourth-order valence-electron chi connectivity index (χ4n) is 2.19. The van der Waals surface area contributed by atoms with Crippen molar-refractivity contribution in [3.8, 4) is 0 Å². The van der Waals surface area contributed by atoms with Gasteiger partial charge < -0.3 is 10.0 Å². The van der Waals surface area contributed by atoms with Crippen molar-refractivity contribution in [2.45, 2.75) is 19.4 Å². The molecule has 0 atom stereocenters.